The van der Waals surface area contributed by atoms with Crippen molar-refractivity contribution in [3.8, 4) is 0 Å². The second-order valence-corrected chi connectivity index (χ2v) is 11.9. The Morgan fingerprint density at radius 3 is 2.43 bits per heavy atom. The molecule has 5 rings (SSSR count). The fraction of sp³-hybridized carbons (Fsp3) is 0.741. The maximum atomic E-state index is 17.1. The minimum absolute atomic E-state index is 0.0209. The van der Waals surface area contributed by atoms with Crippen LogP contribution in [0.5, 0.6) is 0 Å². The summed E-state index contributed by atoms with van der Waals surface area (Å²) in [4.78, 5) is 47.3. The summed E-state index contributed by atoms with van der Waals surface area (Å²) in [6, 6.07) is 0. The molecule has 0 aliphatic heterocycles. The maximum Gasteiger partial charge on any atom is 0.359 e. The van der Waals surface area contributed by atoms with Gasteiger partial charge in [0.25, 0.3) is 0 Å². The Hall–Kier alpha value is -2.09. The fourth-order valence-corrected chi connectivity index (χ4v) is 8.44. The molecule has 192 valence electrons. The quantitative estimate of drug-likeness (QED) is 0.455. The van der Waals surface area contributed by atoms with Crippen LogP contribution in [0.1, 0.15) is 65.7 Å². The van der Waals surface area contributed by atoms with Gasteiger partial charge < -0.3 is 5.11 Å². The van der Waals surface area contributed by atoms with Gasteiger partial charge >= 0.3 is 11.9 Å². The Kier molecular flexibility index (Phi) is 5.78. The summed E-state index contributed by atoms with van der Waals surface area (Å²) in [6.45, 7) is 5.25. The zero-order valence-corrected chi connectivity index (χ0v) is 20.5. The highest BCUT2D eigenvalue weighted by atomic mass is 19.1. The molecule has 4 fully saturated rings. The maximum absolute atomic E-state index is 17.1. The van der Waals surface area contributed by atoms with Gasteiger partial charge in [0.15, 0.2) is 11.5 Å². The lowest BCUT2D eigenvalue weighted by molar-refractivity contribution is -0.270. The Morgan fingerprint density at radius 2 is 1.74 bits per heavy atom. The molecule has 0 bridgehead atoms. The summed E-state index contributed by atoms with van der Waals surface area (Å²) >= 11 is 0. The van der Waals surface area contributed by atoms with Crippen molar-refractivity contribution >= 4 is 17.7 Å². The van der Waals surface area contributed by atoms with Crippen LogP contribution in [0.4, 0.5) is 8.78 Å². The van der Waals surface area contributed by atoms with Gasteiger partial charge in [0.2, 0.25) is 0 Å². The van der Waals surface area contributed by atoms with E-state index in [0.717, 1.165) is 12.8 Å². The molecule has 0 radical (unpaired) electrons. The summed E-state index contributed by atoms with van der Waals surface area (Å²) < 4.78 is 32.6. The predicted octanol–water partition coefficient (Wildman–Crippen LogP) is 4.36. The van der Waals surface area contributed by atoms with Crippen molar-refractivity contribution < 1.29 is 38.0 Å². The zero-order chi connectivity index (χ0) is 25.3. The number of carbonyl (C=O) groups excluding carboxylic acids is 3. The summed E-state index contributed by atoms with van der Waals surface area (Å²) in [6.07, 6.45) is 4.38. The summed E-state index contributed by atoms with van der Waals surface area (Å²) in [5.41, 5.74) is -4.42. The second kappa shape index (κ2) is 8.22. The zero-order valence-electron chi connectivity index (χ0n) is 20.5. The molecule has 6 nitrogen and oxygen atoms in total. The van der Waals surface area contributed by atoms with E-state index in [1.807, 2.05) is 13.8 Å². The third kappa shape index (κ3) is 3.38. The van der Waals surface area contributed by atoms with Gasteiger partial charge in [-0.25, -0.2) is 28.1 Å². The Morgan fingerprint density at radius 1 is 1.09 bits per heavy atom. The van der Waals surface area contributed by atoms with E-state index in [4.69, 9.17) is 9.78 Å². The number of halogens is 2. The third-order valence-electron chi connectivity index (χ3n) is 10.1. The first-order chi connectivity index (χ1) is 16.4. The van der Waals surface area contributed by atoms with E-state index in [0.29, 0.717) is 19.3 Å². The molecule has 0 amide bonds. The molecule has 0 saturated heterocycles. The molecule has 5 aliphatic carbocycles. The first kappa shape index (κ1) is 24.6. The van der Waals surface area contributed by atoms with Crippen molar-refractivity contribution in [1.82, 2.24) is 0 Å². The summed E-state index contributed by atoms with van der Waals surface area (Å²) in [5, 5.41) is 11.3. The van der Waals surface area contributed by atoms with E-state index in [2.05, 4.69) is 0 Å². The molecule has 0 aromatic heterocycles. The fourth-order valence-electron chi connectivity index (χ4n) is 8.44. The van der Waals surface area contributed by atoms with Gasteiger partial charge in [0.1, 0.15) is 6.17 Å². The Labute approximate surface area is 204 Å². The van der Waals surface area contributed by atoms with Crippen molar-refractivity contribution in [3.05, 3.63) is 23.8 Å². The minimum Gasteiger partial charge on any atom is -0.390 e. The van der Waals surface area contributed by atoms with E-state index in [9.17, 15) is 19.5 Å². The molecule has 0 heterocycles. The summed E-state index contributed by atoms with van der Waals surface area (Å²) in [5.74, 6) is -4.11. The second-order valence-electron chi connectivity index (χ2n) is 11.9. The number of carbonyl (C=O) groups is 3. The van der Waals surface area contributed by atoms with Crippen molar-refractivity contribution in [3.63, 3.8) is 0 Å². The largest absolute Gasteiger partial charge is 0.390 e. The van der Waals surface area contributed by atoms with Gasteiger partial charge in [0, 0.05) is 11.3 Å². The first-order valence-corrected chi connectivity index (χ1v) is 12.8. The SMILES string of the molecule is C[C@@H]1C[C@H]2[C@@H]3C[C@H](F)C4=CC(=O)C=C[C@]4(C)[C@@]3(F)[C@@H](O)C[C@]2(C)[C@H]1C(=O)OOC(=O)C1CCCC1. The van der Waals surface area contributed by atoms with E-state index in [-0.39, 0.29) is 36.0 Å². The van der Waals surface area contributed by atoms with Gasteiger partial charge in [-0.1, -0.05) is 32.8 Å². The van der Waals surface area contributed by atoms with Gasteiger partial charge in [-0.15, -0.1) is 0 Å². The van der Waals surface area contributed by atoms with Crippen LogP contribution in [-0.4, -0.2) is 40.8 Å². The molecule has 4 saturated carbocycles. The van der Waals surface area contributed by atoms with Gasteiger partial charge in [0.05, 0.1) is 17.9 Å². The molecule has 0 unspecified atom stereocenters. The number of fused-ring (bicyclic) bond motifs is 5. The molecule has 8 heteroatoms. The highest BCUT2D eigenvalue weighted by Crippen LogP contribution is 2.70. The first-order valence-electron chi connectivity index (χ1n) is 12.8. The molecule has 1 N–H and O–H groups in total. The van der Waals surface area contributed by atoms with Crippen LogP contribution < -0.4 is 0 Å². The molecule has 35 heavy (non-hydrogen) atoms. The average molecular weight is 493 g/mol. The van der Waals surface area contributed by atoms with Crippen LogP contribution >= 0.6 is 0 Å². The number of hydrogen-bond donors (Lipinski definition) is 1. The van der Waals surface area contributed by atoms with Gasteiger partial charge in [-0.05, 0) is 74.0 Å². The molecular weight excluding hydrogens is 458 g/mol. The number of rotatable bonds is 2. The van der Waals surface area contributed by atoms with Crippen molar-refractivity contribution in [2.45, 2.75) is 83.7 Å². The lowest BCUT2D eigenvalue weighted by Crippen LogP contribution is -2.68. The van der Waals surface area contributed by atoms with Crippen LogP contribution in [-0.2, 0) is 24.2 Å². The molecule has 0 aromatic carbocycles. The average Bonchev–Trinajstić information content (AvgIpc) is 3.42. The van der Waals surface area contributed by atoms with Gasteiger partial charge in [-0.2, -0.15) is 0 Å². The van der Waals surface area contributed by atoms with E-state index in [1.54, 1.807) is 6.92 Å². The standard InChI is InChI=1S/C27H34F2O6/c1-14-10-17-18-12-20(28)19-11-16(30)8-9-26(19,3)27(18,29)21(31)13-25(17,2)22(14)24(33)35-34-23(32)15-6-4-5-7-15/h8-9,11,14-15,17-18,20-22,31H,4-7,10,12-13H2,1-3H3/t14-,17+,18+,20+,21+,22-,25+,26+,27+/m1/s1. The number of allylic oxidation sites excluding steroid dienone is 4. The smallest absolute Gasteiger partial charge is 0.359 e. The van der Waals surface area contributed by atoms with E-state index >= 15 is 8.78 Å². The lowest BCUT2D eigenvalue weighted by atomic mass is 9.45. The highest BCUT2D eigenvalue weighted by Gasteiger charge is 2.73. The number of ketones is 1. The van der Waals surface area contributed by atoms with Crippen LogP contribution in [0.3, 0.4) is 0 Å². The molecular formula is C27H34F2O6. The summed E-state index contributed by atoms with van der Waals surface area (Å²) in [7, 11) is 0. The molecule has 9 atom stereocenters. The number of aliphatic hydroxyl groups excluding tert-OH is 1. The van der Waals surface area contributed by atoms with Gasteiger partial charge in [-0.3, -0.25) is 4.79 Å². The van der Waals surface area contributed by atoms with Crippen LogP contribution in [0.15, 0.2) is 23.8 Å². The predicted molar refractivity (Wildman–Crippen MR) is 121 cm³/mol. The molecule has 0 spiro atoms. The molecule has 0 aromatic rings. The number of alkyl halides is 2. The molecule has 5 aliphatic rings. The van der Waals surface area contributed by atoms with E-state index < -0.39 is 58.5 Å². The van der Waals surface area contributed by atoms with E-state index in [1.165, 1.54) is 18.2 Å². The lowest BCUT2D eigenvalue weighted by Gasteiger charge is -2.62. The third-order valence-corrected chi connectivity index (χ3v) is 10.1. The van der Waals surface area contributed by atoms with Crippen LogP contribution in [0.2, 0.25) is 0 Å². The van der Waals surface area contributed by atoms with Crippen LogP contribution in [0, 0.1) is 40.4 Å². The van der Waals surface area contributed by atoms with Crippen LogP contribution in [0.25, 0.3) is 0 Å². The minimum atomic E-state index is -2.18. The van der Waals surface area contributed by atoms with Crippen molar-refractivity contribution in [1.29, 1.82) is 0 Å². The Bertz CT molecular complexity index is 1000. The van der Waals surface area contributed by atoms with Crippen molar-refractivity contribution in [2.24, 2.45) is 40.4 Å². The number of aliphatic hydroxyl groups is 1. The topological polar surface area (TPSA) is 89.9 Å². The normalized spacial score (nSPS) is 46.9. The van der Waals surface area contributed by atoms with Crippen molar-refractivity contribution in [2.75, 3.05) is 0 Å². The Balaban J connectivity index is 1.42. The highest BCUT2D eigenvalue weighted by molar-refractivity contribution is 6.01. The number of hydrogen-bond acceptors (Lipinski definition) is 6. The monoisotopic (exact) mass is 492 g/mol.